The van der Waals surface area contributed by atoms with Crippen LogP contribution < -0.4 is 20.6 Å². The van der Waals surface area contributed by atoms with E-state index in [1.165, 1.54) is 86.6 Å². The summed E-state index contributed by atoms with van der Waals surface area (Å²) in [7, 11) is 0. The fraction of sp³-hybridized carbons (Fsp3) is 0.182. The number of nitrogens with zero attached hydrogens (tertiary/aromatic N) is 6. The summed E-state index contributed by atoms with van der Waals surface area (Å²) in [6.45, 7) is 1.72. The summed E-state index contributed by atoms with van der Waals surface area (Å²) in [5, 5.41) is 27.2. The average molecular weight is 951 g/mol. The summed E-state index contributed by atoms with van der Waals surface area (Å²) < 4.78 is 54.9. The van der Waals surface area contributed by atoms with Gasteiger partial charge in [0.15, 0.2) is 36.6 Å². The number of carbonyl (C=O) groups is 2. The van der Waals surface area contributed by atoms with Gasteiger partial charge in [0, 0.05) is 34.0 Å². The third-order valence-corrected chi connectivity index (χ3v) is 10.1. The predicted octanol–water partition coefficient (Wildman–Crippen LogP) is 9.30. The van der Waals surface area contributed by atoms with Crippen LogP contribution in [0.4, 0.5) is 8.78 Å². The van der Waals surface area contributed by atoms with Crippen LogP contribution in [0.3, 0.4) is 0 Å². The van der Waals surface area contributed by atoms with Crippen molar-refractivity contribution < 1.29 is 37.3 Å². The van der Waals surface area contributed by atoms with Crippen LogP contribution in [0.1, 0.15) is 57.6 Å². The first-order valence-corrected chi connectivity index (χ1v) is 20.2. The lowest BCUT2D eigenvalue weighted by molar-refractivity contribution is -0.155. The van der Waals surface area contributed by atoms with Gasteiger partial charge in [-0.05, 0) is 85.6 Å². The highest BCUT2D eigenvalue weighted by molar-refractivity contribution is 6.32. The molecule has 326 valence electrons. The quantitative estimate of drug-likeness (QED) is 0.0889. The number of aryl methyl sites for hydroxylation is 2. The Bertz CT molecular complexity index is 2840. The lowest BCUT2D eigenvalue weighted by Crippen LogP contribution is -2.29. The van der Waals surface area contributed by atoms with E-state index in [1.807, 2.05) is 12.1 Å². The molecule has 0 spiro atoms. The molecule has 0 saturated heterocycles. The first-order chi connectivity index (χ1) is 30.5. The molecule has 0 radical (unpaired) electrons. The van der Waals surface area contributed by atoms with Crippen LogP contribution in [0.2, 0.25) is 20.1 Å². The summed E-state index contributed by atoms with van der Waals surface area (Å²) in [6, 6.07) is 20.7. The van der Waals surface area contributed by atoms with Crippen molar-refractivity contribution in [3.8, 4) is 35.1 Å². The maximum Gasteiger partial charge on any atom is 0.308 e. The smallest absolute Gasteiger partial charge is 0.308 e. The molecule has 0 N–H and O–H groups in total. The lowest BCUT2D eigenvalue weighted by atomic mass is 10.1. The number of hydrogen-bond donors (Lipinski definition) is 0. The Morgan fingerprint density at radius 1 is 0.625 bits per heavy atom. The Labute approximate surface area is 382 Å². The van der Waals surface area contributed by atoms with Crippen molar-refractivity contribution >= 4 is 58.3 Å². The van der Waals surface area contributed by atoms with Crippen molar-refractivity contribution in [2.45, 2.75) is 53.0 Å². The van der Waals surface area contributed by atoms with Crippen LogP contribution in [0.25, 0.3) is 0 Å². The second-order valence-electron chi connectivity index (χ2n) is 13.9. The van der Waals surface area contributed by atoms with Gasteiger partial charge in [-0.2, -0.15) is 30.1 Å². The molecule has 6 aromatic rings. The Morgan fingerprint density at radius 2 is 1.02 bits per heavy atom. The average Bonchev–Trinajstić information content (AvgIpc) is 3.25. The van der Waals surface area contributed by atoms with Crippen LogP contribution in [0.5, 0.6) is 23.0 Å². The van der Waals surface area contributed by atoms with E-state index >= 15 is 8.78 Å². The monoisotopic (exact) mass is 948 g/mol. The Balaban J connectivity index is 1.04. The van der Waals surface area contributed by atoms with Crippen LogP contribution in [-0.4, -0.2) is 31.5 Å². The molecule has 0 aliphatic heterocycles. The minimum Gasteiger partial charge on any atom is -0.453 e. The van der Waals surface area contributed by atoms with Gasteiger partial charge in [0.05, 0.1) is 57.5 Å². The highest BCUT2D eigenvalue weighted by Crippen LogP contribution is 2.37. The SMILES string of the molecule is Cc1cc(Cc2ccc(Cl)c(Oc3cc(Cl)cc(C#N)c3)c2F)nn(COC(=O)CCC(=O)OCn2nc(Cc3ccc(Cl)c(Oc4cc(Cl)cc(C#N)c4)c3F)cc(C)c2=O)c1=O. The van der Waals surface area contributed by atoms with Crippen molar-refractivity contribution in [3.05, 3.63) is 170 Å². The Morgan fingerprint density at radius 3 is 1.39 bits per heavy atom. The van der Waals surface area contributed by atoms with Crippen LogP contribution >= 0.6 is 46.4 Å². The summed E-state index contributed by atoms with van der Waals surface area (Å²) in [5.74, 6) is -3.92. The molecule has 4 aromatic carbocycles. The van der Waals surface area contributed by atoms with Crippen molar-refractivity contribution in [2.24, 2.45) is 0 Å². The minimum absolute atomic E-state index is 0.0572. The number of nitriles is 2. The number of ether oxygens (including phenoxy) is 4. The molecular formula is C44H30Cl4F2N6O8. The molecule has 20 heteroatoms. The molecule has 2 heterocycles. The van der Waals surface area contributed by atoms with Gasteiger partial charge in [-0.25, -0.2) is 8.78 Å². The number of rotatable bonds is 15. The van der Waals surface area contributed by atoms with Gasteiger partial charge >= 0.3 is 11.9 Å². The first kappa shape index (κ1) is 46.7. The summed E-state index contributed by atoms with van der Waals surface area (Å²) in [4.78, 5) is 50.9. The van der Waals surface area contributed by atoms with E-state index in [1.54, 1.807) is 0 Å². The normalized spacial score (nSPS) is 10.8. The predicted molar refractivity (Wildman–Crippen MR) is 229 cm³/mol. The molecule has 0 unspecified atom stereocenters. The topological polar surface area (TPSA) is 188 Å². The van der Waals surface area contributed by atoms with E-state index in [9.17, 15) is 29.7 Å². The third-order valence-electron chi connectivity index (χ3n) is 9.08. The zero-order chi connectivity index (χ0) is 46.2. The van der Waals surface area contributed by atoms with E-state index < -0.39 is 61.0 Å². The van der Waals surface area contributed by atoms with E-state index in [4.69, 9.17) is 65.4 Å². The zero-order valence-electron chi connectivity index (χ0n) is 33.4. The highest BCUT2D eigenvalue weighted by atomic mass is 35.5. The number of hydrogen-bond acceptors (Lipinski definition) is 12. The minimum atomic E-state index is -0.887. The highest BCUT2D eigenvalue weighted by Gasteiger charge is 2.20. The van der Waals surface area contributed by atoms with Crippen LogP contribution in [0.15, 0.2) is 82.4 Å². The van der Waals surface area contributed by atoms with Gasteiger partial charge in [-0.15, -0.1) is 0 Å². The summed E-state index contributed by atoms with van der Waals surface area (Å²) in [6.07, 6.45) is -1.21. The van der Waals surface area contributed by atoms with Gasteiger partial charge in [-0.3, -0.25) is 19.2 Å². The standard InChI is InChI=1S/C44H30Cl4F2N6O8/c1-23-9-31(15-27-3-5-35(47)41(39(27)49)63-33-13-25(19-51)11-29(45)17-33)53-55(43(23)59)21-61-37(57)7-8-38(58)62-22-56-44(60)24(2)10-32(54-56)16-28-4-6-36(48)42(40(28)50)64-34-14-26(20-52)12-30(46)18-34/h3-6,9-14,17-18H,7-8,15-16,21-22H2,1-2H3. The number of aromatic nitrogens is 4. The number of benzene rings is 4. The number of esters is 2. The molecule has 0 atom stereocenters. The zero-order valence-corrected chi connectivity index (χ0v) is 36.4. The van der Waals surface area contributed by atoms with Gasteiger partial charge in [0.25, 0.3) is 11.1 Å². The maximum absolute atomic E-state index is 15.7. The van der Waals surface area contributed by atoms with Crippen molar-refractivity contribution in [1.82, 2.24) is 19.6 Å². The molecule has 0 aliphatic carbocycles. The van der Waals surface area contributed by atoms with Crippen molar-refractivity contribution in [3.63, 3.8) is 0 Å². The van der Waals surface area contributed by atoms with E-state index in [2.05, 4.69) is 10.2 Å². The van der Waals surface area contributed by atoms with E-state index in [0.717, 1.165) is 9.36 Å². The molecule has 0 bridgehead atoms. The molecule has 2 aromatic heterocycles. The molecule has 0 amide bonds. The summed E-state index contributed by atoms with van der Waals surface area (Å²) in [5.41, 5.74) is 0.241. The molecule has 0 fully saturated rings. The Kier molecular flexibility index (Phi) is 15.0. The molecule has 0 saturated carbocycles. The second-order valence-corrected chi connectivity index (χ2v) is 15.6. The maximum atomic E-state index is 15.7. The molecule has 0 aliphatic rings. The molecule has 64 heavy (non-hydrogen) atoms. The third kappa shape index (κ3) is 11.6. The van der Waals surface area contributed by atoms with Gasteiger partial charge in [0.2, 0.25) is 0 Å². The van der Waals surface area contributed by atoms with Crippen LogP contribution in [-0.2, 0) is 45.4 Å². The van der Waals surface area contributed by atoms with Crippen molar-refractivity contribution in [1.29, 1.82) is 10.5 Å². The lowest BCUT2D eigenvalue weighted by Gasteiger charge is -2.14. The fourth-order valence-corrected chi connectivity index (χ4v) is 6.88. The van der Waals surface area contributed by atoms with Crippen molar-refractivity contribution in [2.75, 3.05) is 0 Å². The van der Waals surface area contributed by atoms with Crippen LogP contribution in [0, 0.1) is 48.1 Å². The largest absolute Gasteiger partial charge is 0.453 e. The summed E-state index contributed by atoms with van der Waals surface area (Å²) >= 11 is 24.6. The van der Waals surface area contributed by atoms with Gasteiger partial charge in [0.1, 0.15) is 11.5 Å². The molecular weight excluding hydrogens is 920 g/mol. The first-order valence-electron chi connectivity index (χ1n) is 18.7. The molecule has 14 nitrogen and oxygen atoms in total. The number of halogens is 6. The Hall–Kier alpha value is -6.82. The van der Waals surface area contributed by atoms with Gasteiger partial charge < -0.3 is 18.9 Å². The number of carbonyl (C=O) groups excluding carboxylic acids is 2. The molecule has 6 rings (SSSR count). The van der Waals surface area contributed by atoms with E-state index in [0.29, 0.717) is 0 Å². The van der Waals surface area contributed by atoms with E-state index in [-0.39, 0.29) is 101 Å². The van der Waals surface area contributed by atoms with Gasteiger partial charge in [-0.1, -0.05) is 58.5 Å². The second kappa shape index (κ2) is 20.6. The fourth-order valence-electron chi connectivity index (χ4n) is 6.06.